The van der Waals surface area contributed by atoms with Gasteiger partial charge in [-0.05, 0) is 18.2 Å². The first-order chi connectivity index (χ1) is 9.10. The van der Waals surface area contributed by atoms with Gasteiger partial charge in [-0.3, -0.25) is 4.79 Å². The molecule has 0 aromatic heterocycles. The lowest BCUT2D eigenvalue weighted by molar-refractivity contribution is -0.226. The summed E-state index contributed by atoms with van der Waals surface area (Å²) in [6.07, 6.45) is 1.29. The van der Waals surface area contributed by atoms with Crippen LogP contribution < -0.4 is 0 Å². The average molecular weight is 265 g/mol. The molecular weight excluding hydrogens is 246 g/mol. The number of rotatable bonds is 3. The Labute approximate surface area is 112 Å². The molecule has 0 saturated carbocycles. The predicted octanol–water partition coefficient (Wildman–Crippen LogP) is 1.62. The lowest BCUT2D eigenvalue weighted by atomic mass is 10.0. The van der Waals surface area contributed by atoms with Crippen LogP contribution >= 0.6 is 0 Å². The molecule has 1 aliphatic heterocycles. The number of hydrogen-bond donors (Lipinski definition) is 1. The number of piperidine rings is 1. The number of carbonyl (C=O) groups excluding carboxylic acids is 1. The number of methoxy groups -OCH3 is 2. The molecular formula is C14H19NO4. The highest BCUT2D eigenvalue weighted by molar-refractivity contribution is 5.94. The fourth-order valence-corrected chi connectivity index (χ4v) is 2.36. The minimum absolute atomic E-state index is 0.0725. The maximum absolute atomic E-state index is 12.3. The molecule has 2 rings (SSSR count). The van der Waals surface area contributed by atoms with Crippen molar-refractivity contribution in [3.05, 3.63) is 29.8 Å². The van der Waals surface area contributed by atoms with Gasteiger partial charge in [0.2, 0.25) is 0 Å². The number of carbonyl (C=O) groups is 1. The number of likely N-dealkylation sites (tertiary alicyclic amines) is 1. The monoisotopic (exact) mass is 265 g/mol. The van der Waals surface area contributed by atoms with E-state index in [2.05, 4.69) is 0 Å². The molecule has 0 unspecified atom stereocenters. The third-order valence-electron chi connectivity index (χ3n) is 3.65. The number of benzene rings is 1. The molecule has 1 N–H and O–H groups in total. The molecule has 0 bridgehead atoms. The number of ether oxygens (including phenoxy) is 2. The fourth-order valence-electron chi connectivity index (χ4n) is 2.36. The summed E-state index contributed by atoms with van der Waals surface area (Å²) in [5.41, 5.74) is 0.502. The van der Waals surface area contributed by atoms with Gasteiger partial charge in [0.05, 0.1) is 0 Å². The summed E-state index contributed by atoms with van der Waals surface area (Å²) in [6.45, 7) is 1.16. The van der Waals surface area contributed by atoms with E-state index in [0.717, 1.165) is 0 Å². The zero-order valence-corrected chi connectivity index (χ0v) is 11.3. The highest BCUT2D eigenvalue weighted by Crippen LogP contribution is 2.27. The van der Waals surface area contributed by atoms with Gasteiger partial charge in [-0.25, -0.2) is 0 Å². The third-order valence-corrected chi connectivity index (χ3v) is 3.65. The highest BCUT2D eigenvalue weighted by Gasteiger charge is 2.36. The number of hydrogen-bond acceptors (Lipinski definition) is 4. The van der Waals surface area contributed by atoms with E-state index >= 15 is 0 Å². The number of nitrogens with zero attached hydrogens (tertiary/aromatic N) is 1. The van der Waals surface area contributed by atoms with Crippen molar-refractivity contribution in [2.75, 3.05) is 27.3 Å². The SMILES string of the molecule is COC1(OC)CCN(C(=O)c2cccc(O)c2)CC1. The van der Waals surface area contributed by atoms with Crippen molar-refractivity contribution >= 4 is 5.91 Å². The van der Waals surface area contributed by atoms with Crippen LogP contribution in [0.3, 0.4) is 0 Å². The smallest absolute Gasteiger partial charge is 0.253 e. The Morgan fingerprint density at radius 1 is 1.26 bits per heavy atom. The Morgan fingerprint density at radius 3 is 2.42 bits per heavy atom. The van der Waals surface area contributed by atoms with Gasteiger partial charge < -0.3 is 19.5 Å². The second-order valence-electron chi connectivity index (χ2n) is 4.66. The lowest BCUT2D eigenvalue weighted by Crippen LogP contribution is -2.48. The van der Waals surface area contributed by atoms with Gasteiger partial charge in [0.15, 0.2) is 5.79 Å². The molecule has 5 nitrogen and oxygen atoms in total. The third kappa shape index (κ3) is 2.88. The van der Waals surface area contributed by atoms with E-state index in [4.69, 9.17) is 9.47 Å². The minimum Gasteiger partial charge on any atom is -0.508 e. The molecule has 0 atom stereocenters. The Bertz CT molecular complexity index is 447. The number of phenolic OH excluding ortho intramolecular Hbond substituents is 1. The predicted molar refractivity (Wildman–Crippen MR) is 70.0 cm³/mol. The van der Waals surface area contributed by atoms with Gasteiger partial charge in [-0.15, -0.1) is 0 Å². The first-order valence-electron chi connectivity index (χ1n) is 6.29. The highest BCUT2D eigenvalue weighted by atomic mass is 16.7. The summed E-state index contributed by atoms with van der Waals surface area (Å²) in [7, 11) is 3.24. The molecule has 0 spiro atoms. The fraction of sp³-hybridized carbons (Fsp3) is 0.500. The summed E-state index contributed by atoms with van der Waals surface area (Å²) in [5, 5.41) is 9.41. The molecule has 5 heteroatoms. The quantitative estimate of drug-likeness (QED) is 0.844. The number of phenols is 1. The molecule has 1 aliphatic rings. The van der Waals surface area contributed by atoms with Crippen LogP contribution in [0.15, 0.2) is 24.3 Å². The second kappa shape index (κ2) is 5.59. The van der Waals surface area contributed by atoms with Crippen LogP contribution in [-0.2, 0) is 9.47 Å². The van der Waals surface area contributed by atoms with E-state index in [1.54, 1.807) is 37.3 Å². The Balaban J connectivity index is 2.04. The first kappa shape index (κ1) is 13.8. The summed E-state index contributed by atoms with van der Waals surface area (Å²) in [6, 6.07) is 6.41. The molecule has 19 heavy (non-hydrogen) atoms. The molecule has 0 radical (unpaired) electrons. The summed E-state index contributed by atoms with van der Waals surface area (Å²) < 4.78 is 10.8. The van der Waals surface area contributed by atoms with E-state index in [1.807, 2.05) is 0 Å². The normalized spacial score (nSPS) is 18.3. The largest absolute Gasteiger partial charge is 0.508 e. The van der Waals surface area contributed by atoms with Gasteiger partial charge in [0, 0.05) is 45.7 Å². The zero-order valence-electron chi connectivity index (χ0n) is 11.3. The standard InChI is InChI=1S/C14H19NO4/c1-18-14(19-2)6-8-15(9-7-14)13(17)11-4-3-5-12(16)10-11/h3-5,10,16H,6-9H2,1-2H3. The van der Waals surface area contributed by atoms with Crippen LogP contribution in [0.5, 0.6) is 5.75 Å². The van der Waals surface area contributed by atoms with Gasteiger partial charge in [0.1, 0.15) is 5.75 Å². The van der Waals surface area contributed by atoms with E-state index in [0.29, 0.717) is 31.5 Å². The Morgan fingerprint density at radius 2 is 1.89 bits per heavy atom. The van der Waals surface area contributed by atoms with Crippen LogP contribution in [0, 0.1) is 0 Å². The molecule has 104 valence electrons. The molecule has 1 amide bonds. The van der Waals surface area contributed by atoms with Crippen molar-refractivity contribution in [1.29, 1.82) is 0 Å². The Kier molecular flexibility index (Phi) is 4.07. The van der Waals surface area contributed by atoms with Gasteiger partial charge >= 0.3 is 0 Å². The van der Waals surface area contributed by atoms with Gasteiger partial charge in [0.25, 0.3) is 5.91 Å². The van der Waals surface area contributed by atoms with Gasteiger partial charge in [-0.1, -0.05) is 6.07 Å². The van der Waals surface area contributed by atoms with E-state index in [-0.39, 0.29) is 11.7 Å². The van der Waals surface area contributed by atoms with Crippen molar-refractivity contribution in [1.82, 2.24) is 4.90 Å². The Hall–Kier alpha value is -1.59. The molecule has 1 aromatic carbocycles. The minimum atomic E-state index is -0.574. The second-order valence-corrected chi connectivity index (χ2v) is 4.66. The number of amides is 1. The summed E-state index contributed by atoms with van der Waals surface area (Å²) in [5.74, 6) is -0.544. The zero-order chi connectivity index (χ0) is 13.9. The van der Waals surface area contributed by atoms with Crippen LogP contribution in [0.1, 0.15) is 23.2 Å². The van der Waals surface area contributed by atoms with Crippen LogP contribution in [0.2, 0.25) is 0 Å². The molecule has 0 aliphatic carbocycles. The topological polar surface area (TPSA) is 59.0 Å². The summed E-state index contributed by atoms with van der Waals surface area (Å²) in [4.78, 5) is 14.0. The van der Waals surface area contributed by atoms with E-state index < -0.39 is 5.79 Å². The molecule has 1 aromatic rings. The van der Waals surface area contributed by atoms with Crippen molar-refractivity contribution < 1.29 is 19.4 Å². The van der Waals surface area contributed by atoms with Gasteiger partial charge in [-0.2, -0.15) is 0 Å². The summed E-state index contributed by atoms with van der Waals surface area (Å²) >= 11 is 0. The van der Waals surface area contributed by atoms with Crippen molar-refractivity contribution in [3.63, 3.8) is 0 Å². The molecule has 1 heterocycles. The number of aromatic hydroxyl groups is 1. The van der Waals surface area contributed by atoms with E-state index in [1.165, 1.54) is 6.07 Å². The van der Waals surface area contributed by atoms with Crippen LogP contribution in [-0.4, -0.2) is 49.0 Å². The molecule has 1 fully saturated rings. The van der Waals surface area contributed by atoms with Crippen molar-refractivity contribution in [2.24, 2.45) is 0 Å². The maximum atomic E-state index is 12.3. The van der Waals surface area contributed by atoms with Crippen LogP contribution in [0.4, 0.5) is 0 Å². The lowest BCUT2D eigenvalue weighted by Gasteiger charge is -2.39. The first-order valence-corrected chi connectivity index (χ1v) is 6.29. The maximum Gasteiger partial charge on any atom is 0.253 e. The molecule has 1 saturated heterocycles. The van der Waals surface area contributed by atoms with Crippen molar-refractivity contribution in [2.45, 2.75) is 18.6 Å². The van der Waals surface area contributed by atoms with E-state index in [9.17, 15) is 9.90 Å². The van der Waals surface area contributed by atoms with Crippen molar-refractivity contribution in [3.8, 4) is 5.75 Å². The van der Waals surface area contributed by atoms with Crippen LogP contribution in [0.25, 0.3) is 0 Å². The average Bonchev–Trinajstić information content (AvgIpc) is 2.46.